The highest BCUT2D eigenvalue weighted by atomic mass is 16.2. The maximum atomic E-state index is 12.5. The summed E-state index contributed by atoms with van der Waals surface area (Å²) in [5.74, 6) is 0.307. The number of hydrogen-bond donors (Lipinski definition) is 0. The normalized spacial score (nSPS) is 23.6. The van der Waals surface area contributed by atoms with Crippen molar-refractivity contribution in [3.05, 3.63) is 30.3 Å². The molecular weight excluding hydrogens is 274 g/mol. The number of benzene rings is 1. The zero-order valence-corrected chi connectivity index (χ0v) is 13.6. The predicted molar refractivity (Wildman–Crippen MR) is 90.1 cm³/mol. The van der Waals surface area contributed by atoms with Crippen molar-refractivity contribution in [3.8, 4) is 0 Å². The van der Waals surface area contributed by atoms with E-state index in [1.807, 2.05) is 11.0 Å². The van der Waals surface area contributed by atoms with E-state index in [9.17, 15) is 4.79 Å². The average molecular weight is 301 g/mol. The van der Waals surface area contributed by atoms with E-state index in [0.717, 1.165) is 32.7 Å². The maximum Gasteiger partial charge on any atom is 0.236 e. The molecule has 120 valence electrons. The summed E-state index contributed by atoms with van der Waals surface area (Å²) in [7, 11) is 0. The van der Waals surface area contributed by atoms with Crippen molar-refractivity contribution in [2.45, 2.75) is 32.2 Å². The summed E-state index contributed by atoms with van der Waals surface area (Å²) in [5.41, 5.74) is 1.26. The molecule has 4 heteroatoms. The highest BCUT2D eigenvalue weighted by Gasteiger charge is 2.25. The van der Waals surface area contributed by atoms with E-state index in [1.165, 1.54) is 24.9 Å². The van der Waals surface area contributed by atoms with Crippen LogP contribution in [-0.4, -0.2) is 61.0 Å². The topological polar surface area (TPSA) is 26.8 Å². The lowest BCUT2D eigenvalue weighted by atomic mass is 10.0. The van der Waals surface area contributed by atoms with Crippen LogP contribution in [0.4, 0.5) is 5.69 Å². The van der Waals surface area contributed by atoms with E-state index in [-0.39, 0.29) is 0 Å². The van der Waals surface area contributed by atoms with Crippen molar-refractivity contribution < 1.29 is 4.79 Å². The van der Waals surface area contributed by atoms with Gasteiger partial charge in [-0.15, -0.1) is 0 Å². The Hall–Kier alpha value is -1.55. The van der Waals surface area contributed by atoms with E-state index < -0.39 is 0 Å². The Bertz CT molecular complexity index is 482. The molecule has 22 heavy (non-hydrogen) atoms. The fourth-order valence-electron chi connectivity index (χ4n) is 3.52. The smallest absolute Gasteiger partial charge is 0.236 e. The Morgan fingerprint density at radius 1 is 1.05 bits per heavy atom. The van der Waals surface area contributed by atoms with Gasteiger partial charge in [0.2, 0.25) is 5.91 Å². The van der Waals surface area contributed by atoms with Crippen LogP contribution in [0, 0.1) is 0 Å². The third-order valence-electron chi connectivity index (χ3n) is 5.03. The fraction of sp³-hybridized carbons (Fsp3) is 0.611. The first kappa shape index (κ1) is 15.3. The molecule has 2 aliphatic heterocycles. The highest BCUT2D eigenvalue weighted by Crippen LogP contribution is 2.18. The lowest BCUT2D eigenvalue weighted by molar-refractivity contribution is -0.133. The van der Waals surface area contributed by atoms with E-state index in [2.05, 4.69) is 41.0 Å². The van der Waals surface area contributed by atoms with Gasteiger partial charge in [0, 0.05) is 37.9 Å². The summed E-state index contributed by atoms with van der Waals surface area (Å²) in [6.07, 6.45) is 3.77. The quantitative estimate of drug-likeness (QED) is 0.856. The number of anilines is 1. The van der Waals surface area contributed by atoms with E-state index >= 15 is 0 Å². The standard InChI is InChI=1S/C18H27N3O/c1-16-7-5-6-10-21(16)15-18(22)20-13-11-19(12-14-20)17-8-3-2-4-9-17/h2-4,8-9,16H,5-7,10-15H2,1H3/t16-/m1/s1. The van der Waals surface area contributed by atoms with Gasteiger partial charge >= 0.3 is 0 Å². The lowest BCUT2D eigenvalue weighted by Crippen LogP contribution is -2.52. The molecule has 2 fully saturated rings. The Balaban J connectivity index is 1.49. The van der Waals surface area contributed by atoms with Crippen molar-refractivity contribution in [2.75, 3.05) is 44.2 Å². The maximum absolute atomic E-state index is 12.5. The van der Waals surface area contributed by atoms with Gasteiger partial charge < -0.3 is 9.80 Å². The molecule has 1 atom stereocenters. The molecule has 0 N–H and O–H groups in total. The average Bonchev–Trinajstić information content (AvgIpc) is 2.58. The third-order valence-corrected chi connectivity index (χ3v) is 5.03. The minimum Gasteiger partial charge on any atom is -0.368 e. The van der Waals surface area contributed by atoms with Crippen molar-refractivity contribution in [3.63, 3.8) is 0 Å². The van der Waals surface area contributed by atoms with Gasteiger partial charge in [-0.1, -0.05) is 24.6 Å². The van der Waals surface area contributed by atoms with Gasteiger partial charge in [-0.2, -0.15) is 0 Å². The first-order chi connectivity index (χ1) is 10.7. The summed E-state index contributed by atoms with van der Waals surface area (Å²) in [6.45, 7) is 7.49. The third kappa shape index (κ3) is 3.61. The van der Waals surface area contributed by atoms with E-state index in [0.29, 0.717) is 18.5 Å². The number of nitrogens with zero attached hydrogens (tertiary/aromatic N) is 3. The van der Waals surface area contributed by atoms with Gasteiger partial charge in [-0.05, 0) is 38.4 Å². The van der Waals surface area contributed by atoms with E-state index in [1.54, 1.807) is 0 Å². The molecule has 2 saturated heterocycles. The Kier molecular flexibility index (Phi) is 4.98. The number of rotatable bonds is 3. The molecule has 3 rings (SSSR count). The van der Waals surface area contributed by atoms with Crippen molar-refractivity contribution >= 4 is 11.6 Å². The first-order valence-electron chi connectivity index (χ1n) is 8.56. The number of piperazine rings is 1. The summed E-state index contributed by atoms with van der Waals surface area (Å²) >= 11 is 0. The number of amides is 1. The molecule has 1 aromatic rings. The van der Waals surface area contributed by atoms with Crippen molar-refractivity contribution in [2.24, 2.45) is 0 Å². The molecule has 0 aromatic heterocycles. The number of para-hydroxylation sites is 1. The minimum absolute atomic E-state index is 0.307. The molecule has 0 radical (unpaired) electrons. The molecule has 0 spiro atoms. The van der Waals surface area contributed by atoms with Crippen LogP contribution in [0.2, 0.25) is 0 Å². The minimum atomic E-state index is 0.307. The molecule has 1 amide bonds. The number of hydrogen-bond acceptors (Lipinski definition) is 3. The van der Waals surface area contributed by atoms with Crippen LogP contribution in [0.1, 0.15) is 26.2 Å². The van der Waals surface area contributed by atoms with Gasteiger partial charge in [0.1, 0.15) is 0 Å². The first-order valence-corrected chi connectivity index (χ1v) is 8.56. The van der Waals surface area contributed by atoms with E-state index in [4.69, 9.17) is 0 Å². The van der Waals surface area contributed by atoms with Gasteiger partial charge in [0.25, 0.3) is 0 Å². The van der Waals surface area contributed by atoms with Crippen LogP contribution < -0.4 is 4.90 Å². The van der Waals surface area contributed by atoms with Crippen LogP contribution in [0.3, 0.4) is 0 Å². The van der Waals surface area contributed by atoms with Crippen LogP contribution >= 0.6 is 0 Å². The second kappa shape index (κ2) is 7.14. The summed E-state index contributed by atoms with van der Waals surface area (Å²) in [5, 5.41) is 0. The molecule has 0 aliphatic carbocycles. The van der Waals surface area contributed by atoms with Crippen LogP contribution in [0.25, 0.3) is 0 Å². The summed E-state index contributed by atoms with van der Waals surface area (Å²) in [4.78, 5) is 19.3. The number of carbonyl (C=O) groups is 1. The molecule has 2 heterocycles. The Morgan fingerprint density at radius 3 is 2.45 bits per heavy atom. The fourth-order valence-corrected chi connectivity index (χ4v) is 3.52. The molecular formula is C18H27N3O. The van der Waals surface area contributed by atoms with Crippen molar-refractivity contribution in [1.82, 2.24) is 9.80 Å². The number of piperidine rings is 1. The van der Waals surface area contributed by atoms with Crippen LogP contribution in [0.5, 0.6) is 0 Å². The lowest BCUT2D eigenvalue weighted by Gasteiger charge is -2.38. The molecule has 0 unspecified atom stereocenters. The number of carbonyl (C=O) groups excluding carboxylic acids is 1. The highest BCUT2D eigenvalue weighted by molar-refractivity contribution is 5.78. The molecule has 4 nitrogen and oxygen atoms in total. The van der Waals surface area contributed by atoms with Crippen LogP contribution in [-0.2, 0) is 4.79 Å². The largest absolute Gasteiger partial charge is 0.368 e. The van der Waals surface area contributed by atoms with Gasteiger partial charge in [-0.25, -0.2) is 0 Å². The molecule has 1 aromatic carbocycles. The Labute approximate surface area is 133 Å². The van der Waals surface area contributed by atoms with Crippen LogP contribution in [0.15, 0.2) is 30.3 Å². The van der Waals surface area contributed by atoms with Gasteiger partial charge in [-0.3, -0.25) is 9.69 Å². The molecule has 0 saturated carbocycles. The zero-order valence-electron chi connectivity index (χ0n) is 13.6. The molecule has 2 aliphatic rings. The second-order valence-corrected chi connectivity index (χ2v) is 6.52. The Morgan fingerprint density at radius 2 is 1.77 bits per heavy atom. The van der Waals surface area contributed by atoms with Gasteiger partial charge in [0.05, 0.1) is 6.54 Å². The monoisotopic (exact) mass is 301 g/mol. The summed E-state index contributed by atoms with van der Waals surface area (Å²) in [6, 6.07) is 11.0. The van der Waals surface area contributed by atoms with Crippen molar-refractivity contribution in [1.29, 1.82) is 0 Å². The predicted octanol–water partition coefficient (Wildman–Crippen LogP) is 2.21. The number of likely N-dealkylation sites (tertiary alicyclic amines) is 1. The molecule has 0 bridgehead atoms. The summed E-state index contributed by atoms with van der Waals surface area (Å²) < 4.78 is 0. The second-order valence-electron chi connectivity index (χ2n) is 6.52. The van der Waals surface area contributed by atoms with Gasteiger partial charge in [0.15, 0.2) is 0 Å². The SMILES string of the molecule is C[C@@H]1CCCCN1CC(=O)N1CCN(c2ccccc2)CC1. The zero-order chi connectivity index (χ0) is 15.4.